The third-order valence-electron chi connectivity index (χ3n) is 5.15. The van der Waals surface area contributed by atoms with Crippen molar-refractivity contribution in [3.8, 4) is 0 Å². The summed E-state index contributed by atoms with van der Waals surface area (Å²) in [6.07, 6.45) is -0.769. The lowest BCUT2D eigenvalue weighted by molar-refractivity contribution is -0.138. The van der Waals surface area contributed by atoms with E-state index in [1.807, 2.05) is 11.8 Å². The van der Waals surface area contributed by atoms with Gasteiger partial charge in [-0.05, 0) is 49.9 Å². The fourth-order valence-corrected chi connectivity index (χ4v) is 3.87. The first-order valence-corrected chi connectivity index (χ1v) is 8.55. The standard InChI is InChI=1S/C18H23F3N2O.ClH/c1-12(10-13-2-4-14(5-3-13)18(19,20)21)17(24)23-15-6-7-16(23)11-22-9-8-15;/h2-5,12,15-16,22H,6-11H2,1H3;1H. The third kappa shape index (κ3) is 4.47. The Morgan fingerprint density at radius 1 is 1.20 bits per heavy atom. The van der Waals surface area contributed by atoms with Gasteiger partial charge in [-0.3, -0.25) is 4.79 Å². The van der Waals surface area contributed by atoms with E-state index in [0.29, 0.717) is 12.5 Å². The van der Waals surface area contributed by atoms with Crippen molar-refractivity contribution in [2.24, 2.45) is 5.92 Å². The molecule has 3 rings (SSSR count). The maximum atomic E-state index is 12.9. The molecule has 0 radical (unpaired) electrons. The zero-order valence-corrected chi connectivity index (χ0v) is 15.0. The van der Waals surface area contributed by atoms with Gasteiger partial charge < -0.3 is 10.2 Å². The Balaban J connectivity index is 0.00000225. The summed E-state index contributed by atoms with van der Waals surface area (Å²) in [6, 6.07) is 5.71. The molecule has 0 saturated carbocycles. The molecule has 3 nitrogen and oxygen atoms in total. The summed E-state index contributed by atoms with van der Waals surface area (Å²) in [6.45, 7) is 3.66. The van der Waals surface area contributed by atoms with Crippen molar-refractivity contribution in [3.63, 3.8) is 0 Å². The predicted octanol–water partition coefficient (Wildman–Crippen LogP) is 3.66. The van der Waals surface area contributed by atoms with Gasteiger partial charge in [-0.2, -0.15) is 13.2 Å². The van der Waals surface area contributed by atoms with Crippen molar-refractivity contribution in [2.45, 2.75) is 50.9 Å². The fourth-order valence-electron chi connectivity index (χ4n) is 3.87. The van der Waals surface area contributed by atoms with Crippen molar-refractivity contribution < 1.29 is 18.0 Å². The molecule has 1 aromatic carbocycles. The highest BCUT2D eigenvalue weighted by Gasteiger charge is 2.39. The van der Waals surface area contributed by atoms with Crippen LogP contribution in [0.4, 0.5) is 13.2 Å². The molecule has 0 spiro atoms. The van der Waals surface area contributed by atoms with Gasteiger partial charge in [0.05, 0.1) is 5.56 Å². The molecule has 2 heterocycles. The van der Waals surface area contributed by atoms with Gasteiger partial charge in [-0.15, -0.1) is 12.4 Å². The Hall–Kier alpha value is -1.27. The summed E-state index contributed by atoms with van der Waals surface area (Å²) in [5.74, 6) is -0.0889. The van der Waals surface area contributed by atoms with Crippen LogP contribution in [0.15, 0.2) is 24.3 Å². The molecule has 0 aromatic heterocycles. The molecular weight excluding hydrogens is 353 g/mol. The molecule has 25 heavy (non-hydrogen) atoms. The fraction of sp³-hybridized carbons (Fsp3) is 0.611. The maximum Gasteiger partial charge on any atom is 0.416 e. The van der Waals surface area contributed by atoms with Gasteiger partial charge >= 0.3 is 6.18 Å². The van der Waals surface area contributed by atoms with E-state index in [-0.39, 0.29) is 30.3 Å². The van der Waals surface area contributed by atoms with E-state index in [4.69, 9.17) is 0 Å². The largest absolute Gasteiger partial charge is 0.416 e. The van der Waals surface area contributed by atoms with Gasteiger partial charge in [-0.25, -0.2) is 0 Å². The molecule has 3 unspecified atom stereocenters. The first-order valence-electron chi connectivity index (χ1n) is 8.55. The van der Waals surface area contributed by atoms with Gasteiger partial charge in [0.1, 0.15) is 0 Å². The number of hydrogen-bond acceptors (Lipinski definition) is 2. The predicted molar refractivity (Wildman–Crippen MR) is 92.7 cm³/mol. The van der Waals surface area contributed by atoms with Crippen molar-refractivity contribution in [3.05, 3.63) is 35.4 Å². The van der Waals surface area contributed by atoms with Crippen LogP contribution in [0.25, 0.3) is 0 Å². The van der Waals surface area contributed by atoms with Gasteiger partial charge in [0.15, 0.2) is 0 Å². The Kier molecular flexibility index (Phi) is 6.38. The van der Waals surface area contributed by atoms with E-state index in [1.165, 1.54) is 12.1 Å². The van der Waals surface area contributed by atoms with Crippen LogP contribution in [-0.2, 0) is 17.4 Å². The average Bonchev–Trinajstić information content (AvgIpc) is 2.79. The number of nitrogens with zero attached hydrogens (tertiary/aromatic N) is 1. The van der Waals surface area contributed by atoms with Crippen LogP contribution in [0.2, 0.25) is 0 Å². The molecule has 1 aromatic rings. The van der Waals surface area contributed by atoms with Crippen LogP contribution in [-0.4, -0.2) is 36.0 Å². The first-order chi connectivity index (χ1) is 11.4. The second-order valence-corrected chi connectivity index (χ2v) is 6.92. The quantitative estimate of drug-likeness (QED) is 0.873. The molecular formula is C18H24ClF3N2O. The average molecular weight is 377 g/mol. The summed E-state index contributed by atoms with van der Waals surface area (Å²) < 4.78 is 37.9. The lowest BCUT2D eigenvalue weighted by Gasteiger charge is -2.30. The van der Waals surface area contributed by atoms with Crippen LogP contribution < -0.4 is 5.32 Å². The Bertz CT molecular complexity index is 577. The molecule has 2 aliphatic rings. The number of halogens is 4. The minimum Gasteiger partial charge on any atom is -0.335 e. The maximum absolute atomic E-state index is 12.9. The molecule has 2 aliphatic heterocycles. The molecule has 7 heteroatoms. The van der Waals surface area contributed by atoms with E-state index in [1.54, 1.807) is 0 Å². The number of hydrogen-bond donors (Lipinski definition) is 1. The molecule has 2 saturated heterocycles. The first kappa shape index (κ1) is 20.0. The molecule has 140 valence electrons. The minimum absolute atomic E-state index is 0. The van der Waals surface area contributed by atoms with Crippen LogP contribution in [0.5, 0.6) is 0 Å². The molecule has 3 atom stereocenters. The number of amides is 1. The highest BCUT2D eigenvalue weighted by atomic mass is 35.5. The molecule has 1 N–H and O–H groups in total. The summed E-state index contributed by atoms with van der Waals surface area (Å²) in [4.78, 5) is 14.9. The number of fused-ring (bicyclic) bond motifs is 2. The van der Waals surface area contributed by atoms with Crippen LogP contribution >= 0.6 is 12.4 Å². The van der Waals surface area contributed by atoms with Crippen molar-refractivity contribution in [2.75, 3.05) is 13.1 Å². The van der Waals surface area contributed by atoms with E-state index in [9.17, 15) is 18.0 Å². The topological polar surface area (TPSA) is 32.3 Å². The summed E-state index contributed by atoms with van der Waals surface area (Å²) >= 11 is 0. The SMILES string of the molecule is CC(Cc1ccc(C(F)(F)F)cc1)C(=O)N1C2CCNCC1CC2.Cl. The van der Waals surface area contributed by atoms with Crippen molar-refractivity contribution in [1.82, 2.24) is 10.2 Å². The van der Waals surface area contributed by atoms with Crippen molar-refractivity contribution in [1.29, 1.82) is 0 Å². The highest BCUT2D eigenvalue weighted by Crippen LogP contribution is 2.31. The zero-order valence-electron chi connectivity index (χ0n) is 14.2. The van der Waals surface area contributed by atoms with Gasteiger partial charge in [-0.1, -0.05) is 19.1 Å². The summed E-state index contributed by atoms with van der Waals surface area (Å²) in [5.41, 5.74) is 0.117. The lowest BCUT2D eigenvalue weighted by atomic mass is 9.98. The highest BCUT2D eigenvalue weighted by molar-refractivity contribution is 5.85. The Morgan fingerprint density at radius 2 is 1.84 bits per heavy atom. The molecule has 1 amide bonds. The van der Waals surface area contributed by atoms with Crippen LogP contribution in [0, 0.1) is 5.92 Å². The summed E-state index contributed by atoms with van der Waals surface area (Å²) in [7, 11) is 0. The van der Waals surface area contributed by atoms with E-state index < -0.39 is 11.7 Å². The van der Waals surface area contributed by atoms with Crippen molar-refractivity contribution >= 4 is 18.3 Å². The molecule has 0 aliphatic carbocycles. The number of alkyl halides is 3. The van der Waals surface area contributed by atoms with E-state index in [2.05, 4.69) is 5.32 Å². The van der Waals surface area contributed by atoms with E-state index >= 15 is 0 Å². The Labute approximate surface area is 152 Å². The third-order valence-corrected chi connectivity index (χ3v) is 5.15. The second-order valence-electron chi connectivity index (χ2n) is 6.92. The number of carbonyl (C=O) groups excluding carboxylic acids is 1. The van der Waals surface area contributed by atoms with Crippen LogP contribution in [0.3, 0.4) is 0 Å². The van der Waals surface area contributed by atoms with Crippen LogP contribution in [0.1, 0.15) is 37.3 Å². The second kappa shape index (κ2) is 7.96. The number of rotatable bonds is 3. The number of carbonyl (C=O) groups is 1. The minimum atomic E-state index is -4.32. The molecule has 2 bridgehead atoms. The monoisotopic (exact) mass is 376 g/mol. The normalized spacial score (nSPS) is 24.4. The summed E-state index contributed by atoms with van der Waals surface area (Å²) in [5, 5.41) is 3.37. The van der Waals surface area contributed by atoms with E-state index in [0.717, 1.165) is 50.0 Å². The van der Waals surface area contributed by atoms with Gasteiger partial charge in [0.2, 0.25) is 5.91 Å². The smallest absolute Gasteiger partial charge is 0.335 e. The Morgan fingerprint density at radius 3 is 2.48 bits per heavy atom. The van der Waals surface area contributed by atoms with Gasteiger partial charge in [0, 0.05) is 24.5 Å². The number of benzene rings is 1. The zero-order chi connectivity index (χ0) is 17.3. The lowest BCUT2D eigenvalue weighted by Crippen LogP contribution is -2.45. The van der Waals surface area contributed by atoms with Gasteiger partial charge in [0.25, 0.3) is 0 Å². The molecule has 2 fully saturated rings. The number of nitrogens with one attached hydrogen (secondary N) is 1.